The van der Waals surface area contributed by atoms with Crippen LogP contribution in [0.25, 0.3) is 12.2 Å². The molecule has 0 heterocycles. The van der Waals surface area contributed by atoms with Gasteiger partial charge in [-0.05, 0) is 47.5 Å². The highest BCUT2D eigenvalue weighted by atomic mass is 16.7. The van der Waals surface area contributed by atoms with Crippen molar-refractivity contribution in [1.29, 1.82) is 0 Å². The number of carbonyl (C=O) groups is 1. The van der Waals surface area contributed by atoms with E-state index in [0.717, 1.165) is 16.8 Å². The monoisotopic (exact) mass is 419 g/mol. The van der Waals surface area contributed by atoms with Crippen LogP contribution in [0.15, 0.2) is 72.8 Å². The van der Waals surface area contributed by atoms with Crippen molar-refractivity contribution in [3.8, 4) is 11.5 Å². The summed E-state index contributed by atoms with van der Waals surface area (Å²) in [6.45, 7) is 0.248. The average molecular weight is 419 g/mol. The average Bonchev–Trinajstić information content (AvgIpc) is 2.82. The van der Waals surface area contributed by atoms with Gasteiger partial charge in [-0.3, -0.25) is 4.79 Å². The lowest BCUT2D eigenvalue weighted by molar-refractivity contribution is 0.0322. The lowest BCUT2D eigenvalue weighted by Gasteiger charge is -2.12. The Bertz CT molecular complexity index is 1000. The number of ether oxygens (including phenoxy) is 4. The van der Waals surface area contributed by atoms with Gasteiger partial charge in [-0.25, -0.2) is 0 Å². The fraction of sp³-hybridized carbons (Fsp3) is 0.160. The first-order valence-electron chi connectivity index (χ1n) is 9.71. The van der Waals surface area contributed by atoms with Gasteiger partial charge in [-0.1, -0.05) is 48.6 Å². The van der Waals surface area contributed by atoms with Crippen molar-refractivity contribution < 1.29 is 23.7 Å². The highest BCUT2D eigenvalue weighted by Crippen LogP contribution is 2.29. The molecule has 0 bridgehead atoms. The fourth-order valence-electron chi connectivity index (χ4n) is 2.77. The quantitative estimate of drug-likeness (QED) is 0.367. The Hall–Kier alpha value is -3.61. The van der Waals surface area contributed by atoms with Crippen LogP contribution in [-0.2, 0) is 9.47 Å². The predicted octanol–water partition coefficient (Wildman–Crippen LogP) is 5.07. The number of rotatable bonds is 10. The molecule has 0 spiro atoms. The van der Waals surface area contributed by atoms with Crippen LogP contribution in [-0.4, -0.2) is 33.7 Å². The molecule has 0 aliphatic rings. The van der Waals surface area contributed by atoms with Crippen molar-refractivity contribution in [3.63, 3.8) is 0 Å². The standard InChI is InChI=1S/C25H25NO5/c1-28-17-30-23-15-12-20(16-24(23)31-18-29-2)9-8-19-10-13-22(14-11-19)26-25(27)21-6-4-3-5-7-21/h3-16H,17-18H2,1-2H3,(H,26,27). The summed E-state index contributed by atoms with van der Waals surface area (Å²) in [5.41, 5.74) is 3.30. The molecular weight excluding hydrogens is 394 g/mol. The third-order valence-corrected chi connectivity index (χ3v) is 4.31. The lowest BCUT2D eigenvalue weighted by atomic mass is 10.1. The van der Waals surface area contributed by atoms with Crippen molar-refractivity contribution in [2.75, 3.05) is 33.1 Å². The largest absolute Gasteiger partial charge is 0.464 e. The molecule has 0 radical (unpaired) electrons. The molecule has 0 aliphatic heterocycles. The molecule has 3 rings (SSSR count). The Morgan fingerprint density at radius 2 is 1.39 bits per heavy atom. The number of hydrogen-bond donors (Lipinski definition) is 1. The van der Waals surface area contributed by atoms with E-state index in [1.807, 2.05) is 72.8 Å². The molecule has 0 aliphatic carbocycles. The molecule has 3 aromatic carbocycles. The van der Waals surface area contributed by atoms with E-state index >= 15 is 0 Å². The SMILES string of the molecule is COCOc1ccc(C=Cc2ccc(NC(=O)c3ccccc3)cc2)cc1OCOC. The number of carbonyl (C=O) groups excluding carboxylic acids is 1. The number of methoxy groups -OCH3 is 2. The summed E-state index contributed by atoms with van der Waals surface area (Å²) < 4.78 is 21.0. The smallest absolute Gasteiger partial charge is 0.255 e. The molecule has 6 nitrogen and oxygen atoms in total. The zero-order valence-corrected chi connectivity index (χ0v) is 17.5. The van der Waals surface area contributed by atoms with Crippen LogP contribution in [0.2, 0.25) is 0 Å². The molecule has 0 fully saturated rings. The highest BCUT2D eigenvalue weighted by molar-refractivity contribution is 6.04. The van der Waals surface area contributed by atoms with Crippen LogP contribution in [0, 0.1) is 0 Å². The van der Waals surface area contributed by atoms with E-state index in [9.17, 15) is 4.79 Å². The number of nitrogens with one attached hydrogen (secondary N) is 1. The summed E-state index contributed by atoms with van der Waals surface area (Å²) >= 11 is 0. The normalized spacial score (nSPS) is 10.8. The molecule has 0 aromatic heterocycles. The van der Waals surface area contributed by atoms with Gasteiger partial charge >= 0.3 is 0 Å². The molecule has 0 atom stereocenters. The molecule has 0 saturated heterocycles. The molecule has 0 saturated carbocycles. The van der Waals surface area contributed by atoms with Gasteiger partial charge < -0.3 is 24.3 Å². The van der Waals surface area contributed by atoms with Crippen molar-refractivity contribution in [3.05, 3.63) is 89.5 Å². The Morgan fingerprint density at radius 3 is 2.06 bits per heavy atom. The highest BCUT2D eigenvalue weighted by Gasteiger charge is 2.07. The van der Waals surface area contributed by atoms with Crippen LogP contribution < -0.4 is 14.8 Å². The number of hydrogen-bond acceptors (Lipinski definition) is 5. The maximum Gasteiger partial charge on any atom is 0.255 e. The van der Waals surface area contributed by atoms with Crippen molar-refractivity contribution in [1.82, 2.24) is 0 Å². The van der Waals surface area contributed by atoms with Crippen molar-refractivity contribution >= 4 is 23.7 Å². The van der Waals surface area contributed by atoms with Crippen LogP contribution in [0.5, 0.6) is 11.5 Å². The van der Waals surface area contributed by atoms with Gasteiger partial charge in [-0.15, -0.1) is 0 Å². The summed E-state index contributed by atoms with van der Waals surface area (Å²) in [6.07, 6.45) is 3.95. The van der Waals surface area contributed by atoms with E-state index in [-0.39, 0.29) is 19.5 Å². The summed E-state index contributed by atoms with van der Waals surface area (Å²) in [5, 5.41) is 2.89. The second-order valence-corrected chi connectivity index (χ2v) is 6.58. The number of benzene rings is 3. The molecule has 0 unspecified atom stereocenters. The minimum absolute atomic E-state index is 0.118. The third kappa shape index (κ3) is 6.70. The van der Waals surface area contributed by atoms with Crippen LogP contribution in [0.1, 0.15) is 21.5 Å². The summed E-state index contributed by atoms with van der Waals surface area (Å²) in [6, 6.07) is 22.4. The van der Waals surface area contributed by atoms with Gasteiger partial charge in [0.2, 0.25) is 0 Å². The molecule has 1 N–H and O–H groups in total. The van der Waals surface area contributed by atoms with E-state index in [1.165, 1.54) is 0 Å². The topological polar surface area (TPSA) is 66.0 Å². The predicted molar refractivity (Wildman–Crippen MR) is 121 cm³/mol. The first kappa shape index (κ1) is 22.1. The van der Waals surface area contributed by atoms with Gasteiger partial charge in [0.1, 0.15) is 0 Å². The zero-order valence-electron chi connectivity index (χ0n) is 17.5. The van der Waals surface area contributed by atoms with E-state index in [1.54, 1.807) is 26.4 Å². The van der Waals surface area contributed by atoms with E-state index in [2.05, 4.69) is 5.32 Å². The van der Waals surface area contributed by atoms with Gasteiger partial charge in [-0.2, -0.15) is 0 Å². The summed E-state index contributed by atoms with van der Waals surface area (Å²) in [5.74, 6) is 1.01. The number of amides is 1. The zero-order chi connectivity index (χ0) is 21.9. The Morgan fingerprint density at radius 1 is 0.774 bits per heavy atom. The van der Waals surface area contributed by atoms with E-state index < -0.39 is 0 Å². The molecule has 31 heavy (non-hydrogen) atoms. The minimum atomic E-state index is -0.136. The Labute approximate surface area is 182 Å². The van der Waals surface area contributed by atoms with E-state index in [4.69, 9.17) is 18.9 Å². The number of anilines is 1. The Kier molecular flexibility index (Phi) is 8.22. The van der Waals surface area contributed by atoms with Gasteiger partial charge in [0.25, 0.3) is 5.91 Å². The Balaban J connectivity index is 1.66. The van der Waals surface area contributed by atoms with Crippen LogP contribution >= 0.6 is 0 Å². The lowest BCUT2D eigenvalue weighted by Crippen LogP contribution is -2.11. The van der Waals surface area contributed by atoms with Gasteiger partial charge in [0.05, 0.1) is 0 Å². The first-order chi connectivity index (χ1) is 15.2. The second-order valence-electron chi connectivity index (χ2n) is 6.58. The maximum absolute atomic E-state index is 12.2. The summed E-state index contributed by atoms with van der Waals surface area (Å²) in [7, 11) is 3.12. The van der Waals surface area contributed by atoms with Crippen LogP contribution in [0.3, 0.4) is 0 Å². The minimum Gasteiger partial charge on any atom is -0.464 e. The molecule has 3 aromatic rings. The molecular formula is C25H25NO5. The maximum atomic E-state index is 12.2. The summed E-state index contributed by atoms with van der Waals surface area (Å²) in [4.78, 5) is 12.2. The molecule has 1 amide bonds. The molecule has 6 heteroatoms. The van der Waals surface area contributed by atoms with Gasteiger partial charge in [0, 0.05) is 25.5 Å². The first-order valence-corrected chi connectivity index (χ1v) is 9.71. The second kappa shape index (κ2) is 11.5. The van der Waals surface area contributed by atoms with Gasteiger partial charge in [0.15, 0.2) is 25.1 Å². The van der Waals surface area contributed by atoms with Crippen LogP contribution in [0.4, 0.5) is 5.69 Å². The fourth-order valence-corrected chi connectivity index (χ4v) is 2.77. The van der Waals surface area contributed by atoms with Crippen molar-refractivity contribution in [2.24, 2.45) is 0 Å². The van der Waals surface area contributed by atoms with Crippen molar-refractivity contribution in [2.45, 2.75) is 0 Å². The van der Waals surface area contributed by atoms with E-state index in [0.29, 0.717) is 17.1 Å². The molecule has 160 valence electrons. The third-order valence-electron chi connectivity index (χ3n) is 4.31.